The van der Waals surface area contributed by atoms with Crippen LogP contribution in [-0.2, 0) is 4.79 Å². The Balaban J connectivity index is 1.63. The zero-order chi connectivity index (χ0) is 19.0. The molecule has 5 nitrogen and oxygen atoms in total. The standard InChI is InChI=1S/C18H26F3N3O2/c19-18(20,21)26-15-8-6-14(7-9-15)23-10-11-24-17(25)16(22)12-13-4-2-1-3-5-13/h6-9,13,16,23H,1-5,10-12,22H2,(H,24,25)/t16-/m0/s1. The molecule has 1 atom stereocenters. The molecule has 1 amide bonds. The van der Waals surface area contributed by atoms with Crippen LogP contribution in [0.3, 0.4) is 0 Å². The van der Waals surface area contributed by atoms with Gasteiger partial charge in [-0.1, -0.05) is 32.1 Å². The van der Waals surface area contributed by atoms with E-state index in [1.54, 1.807) is 0 Å². The molecule has 0 saturated heterocycles. The Morgan fingerprint density at radius 3 is 2.42 bits per heavy atom. The van der Waals surface area contributed by atoms with Gasteiger partial charge < -0.3 is 21.1 Å². The summed E-state index contributed by atoms with van der Waals surface area (Å²) >= 11 is 0. The van der Waals surface area contributed by atoms with Crippen molar-refractivity contribution in [3.05, 3.63) is 24.3 Å². The Hall–Kier alpha value is -1.96. The van der Waals surface area contributed by atoms with E-state index >= 15 is 0 Å². The van der Waals surface area contributed by atoms with Gasteiger partial charge in [-0.15, -0.1) is 13.2 Å². The lowest BCUT2D eigenvalue weighted by atomic mass is 9.85. The summed E-state index contributed by atoms with van der Waals surface area (Å²) in [6, 6.07) is 4.94. The first-order valence-electron chi connectivity index (χ1n) is 8.96. The van der Waals surface area contributed by atoms with Gasteiger partial charge in [0.25, 0.3) is 0 Å². The van der Waals surface area contributed by atoms with Crippen molar-refractivity contribution in [2.24, 2.45) is 11.7 Å². The highest BCUT2D eigenvalue weighted by Crippen LogP contribution is 2.27. The molecule has 1 aliphatic rings. The van der Waals surface area contributed by atoms with Crippen LogP contribution < -0.4 is 21.1 Å². The van der Waals surface area contributed by atoms with Gasteiger partial charge in [0.05, 0.1) is 6.04 Å². The van der Waals surface area contributed by atoms with Gasteiger partial charge in [0, 0.05) is 18.8 Å². The number of nitrogens with one attached hydrogen (secondary N) is 2. The average molecular weight is 373 g/mol. The lowest BCUT2D eigenvalue weighted by Crippen LogP contribution is -2.43. The molecule has 8 heteroatoms. The molecule has 2 rings (SSSR count). The predicted molar refractivity (Wildman–Crippen MR) is 93.8 cm³/mol. The third-order valence-electron chi connectivity index (χ3n) is 4.49. The van der Waals surface area contributed by atoms with Gasteiger partial charge in [0.1, 0.15) is 5.75 Å². The van der Waals surface area contributed by atoms with E-state index in [0.29, 0.717) is 24.7 Å². The van der Waals surface area contributed by atoms with Crippen molar-refractivity contribution in [3.63, 3.8) is 0 Å². The minimum atomic E-state index is -4.70. The molecular weight excluding hydrogens is 347 g/mol. The quantitative estimate of drug-likeness (QED) is 0.611. The van der Waals surface area contributed by atoms with Crippen LogP contribution >= 0.6 is 0 Å². The molecule has 4 N–H and O–H groups in total. The van der Waals surface area contributed by atoms with E-state index in [-0.39, 0.29) is 11.7 Å². The summed E-state index contributed by atoms with van der Waals surface area (Å²) in [6.07, 6.45) is 2.03. The number of carbonyl (C=O) groups excluding carboxylic acids is 1. The number of hydrogen-bond donors (Lipinski definition) is 3. The molecule has 1 saturated carbocycles. The Bertz CT molecular complexity index is 558. The Kier molecular flexibility index (Phi) is 7.56. The van der Waals surface area contributed by atoms with Crippen LogP contribution in [0.15, 0.2) is 24.3 Å². The summed E-state index contributed by atoms with van der Waals surface area (Å²) in [5, 5.41) is 5.80. The zero-order valence-electron chi connectivity index (χ0n) is 14.6. The largest absolute Gasteiger partial charge is 0.573 e. The van der Waals surface area contributed by atoms with Gasteiger partial charge in [-0.25, -0.2) is 0 Å². The van der Waals surface area contributed by atoms with Crippen molar-refractivity contribution in [2.45, 2.75) is 50.9 Å². The third kappa shape index (κ3) is 7.51. The monoisotopic (exact) mass is 373 g/mol. The van der Waals surface area contributed by atoms with Crippen LogP contribution in [0, 0.1) is 5.92 Å². The summed E-state index contributed by atoms with van der Waals surface area (Å²) in [6.45, 7) is 0.833. The van der Waals surface area contributed by atoms with Gasteiger partial charge in [0.2, 0.25) is 5.91 Å². The Morgan fingerprint density at radius 2 is 1.81 bits per heavy atom. The van der Waals surface area contributed by atoms with Crippen LogP contribution in [0.1, 0.15) is 38.5 Å². The maximum Gasteiger partial charge on any atom is 0.573 e. The van der Waals surface area contributed by atoms with Crippen molar-refractivity contribution in [2.75, 3.05) is 18.4 Å². The highest BCUT2D eigenvalue weighted by atomic mass is 19.4. The molecule has 0 aliphatic heterocycles. The SMILES string of the molecule is N[C@@H](CC1CCCCC1)C(=O)NCCNc1ccc(OC(F)(F)F)cc1. The number of ether oxygens (including phenoxy) is 1. The smallest absolute Gasteiger partial charge is 0.406 e. The minimum Gasteiger partial charge on any atom is -0.406 e. The Labute approximate surface area is 151 Å². The minimum absolute atomic E-state index is 0.161. The molecule has 0 spiro atoms. The highest BCUT2D eigenvalue weighted by molar-refractivity contribution is 5.81. The average Bonchev–Trinajstić information content (AvgIpc) is 2.59. The fourth-order valence-corrected chi connectivity index (χ4v) is 3.19. The summed E-state index contributed by atoms with van der Waals surface area (Å²) in [5.74, 6) is 0.108. The van der Waals surface area contributed by atoms with Gasteiger partial charge in [-0.2, -0.15) is 0 Å². The fourth-order valence-electron chi connectivity index (χ4n) is 3.19. The number of rotatable bonds is 8. The molecule has 0 bridgehead atoms. The van der Waals surface area contributed by atoms with Crippen molar-refractivity contribution in [3.8, 4) is 5.75 Å². The topological polar surface area (TPSA) is 76.4 Å². The first-order valence-corrected chi connectivity index (χ1v) is 8.96. The van der Waals surface area contributed by atoms with Gasteiger partial charge in [-0.05, 0) is 36.6 Å². The third-order valence-corrected chi connectivity index (χ3v) is 4.49. The summed E-state index contributed by atoms with van der Waals surface area (Å²) in [4.78, 5) is 12.0. The highest BCUT2D eigenvalue weighted by Gasteiger charge is 2.30. The Morgan fingerprint density at radius 1 is 1.15 bits per heavy atom. The molecule has 1 aromatic rings. The molecular formula is C18H26F3N3O2. The van der Waals surface area contributed by atoms with E-state index in [1.807, 2.05) is 0 Å². The number of hydrogen-bond acceptors (Lipinski definition) is 4. The number of amides is 1. The molecule has 1 aliphatic carbocycles. The maximum absolute atomic E-state index is 12.1. The second kappa shape index (κ2) is 9.66. The first kappa shape index (κ1) is 20.4. The summed E-state index contributed by atoms with van der Waals surface area (Å²) in [5.41, 5.74) is 6.61. The summed E-state index contributed by atoms with van der Waals surface area (Å²) < 4.78 is 40.1. The number of alkyl halides is 3. The van der Waals surface area contributed by atoms with Crippen LogP contribution in [0.2, 0.25) is 0 Å². The second-order valence-corrected chi connectivity index (χ2v) is 6.64. The molecule has 1 fully saturated rings. The summed E-state index contributed by atoms with van der Waals surface area (Å²) in [7, 11) is 0. The lowest BCUT2D eigenvalue weighted by molar-refractivity contribution is -0.274. The van der Waals surface area contributed by atoms with E-state index in [0.717, 1.165) is 19.3 Å². The van der Waals surface area contributed by atoms with E-state index in [2.05, 4.69) is 15.4 Å². The van der Waals surface area contributed by atoms with Crippen LogP contribution in [0.4, 0.5) is 18.9 Å². The van der Waals surface area contributed by atoms with E-state index in [1.165, 1.54) is 43.5 Å². The van der Waals surface area contributed by atoms with E-state index < -0.39 is 12.4 Å². The fraction of sp³-hybridized carbons (Fsp3) is 0.611. The van der Waals surface area contributed by atoms with Gasteiger partial charge >= 0.3 is 6.36 Å². The molecule has 0 radical (unpaired) electrons. The van der Waals surface area contributed by atoms with Crippen molar-refractivity contribution < 1.29 is 22.7 Å². The van der Waals surface area contributed by atoms with Crippen molar-refractivity contribution >= 4 is 11.6 Å². The molecule has 0 heterocycles. The number of anilines is 1. The molecule has 0 unspecified atom stereocenters. The zero-order valence-corrected chi connectivity index (χ0v) is 14.6. The molecule has 0 aromatic heterocycles. The van der Waals surface area contributed by atoms with Crippen molar-refractivity contribution in [1.29, 1.82) is 0 Å². The molecule has 146 valence electrons. The van der Waals surface area contributed by atoms with Crippen LogP contribution in [0.5, 0.6) is 5.75 Å². The lowest BCUT2D eigenvalue weighted by Gasteiger charge is -2.24. The van der Waals surface area contributed by atoms with Gasteiger partial charge in [-0.3, -0.25) is 4.79 Å². The number of benzene rings is 1. The van der Waals surface area contributed by atoms with Crippen LogP contribution in [-0.4, -0.2) is 31.4 Å². The second-order valence-electron chi connectivity index (χ2n) is 6.64. The van der Waals surface area contributed by atoms with E-state index in [4.69, 9.17) is 5.73 Å². The normalized spacial score (nSPS) is 16.8. The van der Waals surface area contributed by atoms with Crippen molar-refractivity contribution in [1.82, 2.24) is 5.32 Å². The number of carbonyl (C=O) groups is 1. The maximum atomic E-state index is 12.1. The number of halogens is 3. The number of nitrogens with two attached hydrogens (primary N) is 1. The molecule has 1 aromatic carbocycles. The molecule has 26 heavy (non-hydrogen) atoms. The van der Waals surface area contributed by atoms with Crippen LogP contribution in [0.25, 0.3) is 0 Å². The predicted octanol–water partition coefficient (Wildman–Crippen LogP) is 3.41. The van der Waals surface area contributed by atoms with E-state index in [9.17, 15) is 18.0 Å². The van der Waals surface area contributed by atoms with Gasteiger partial charge in [0.15, 0.2) is 0 Å². The first-order chi connectivity index (χ1) is 12.3.